The van der Waals surface area contributed by atoms with Crippen LogP contribution >= 0.6 is 22.9 Å². The number of carboxylic acids is 1. The number of halogens is 1. The first-order valence-corrected chi connectivity index (χ1v) is 15.1. The second-order valence-electron chi connectivity index (χ2n) is 11.7. The lowest BCUT2D eigenvalue weighted by atomic mass is 9.91. The third-order valence-electron chi connectivity index (χ3n) is 7.39. The van der Waals surface area contributed by atoms with Crippen molar-refractivity contribution in [1.82, 2.24) is 19.7 Å². The minimum Gasteiger partial charge on any atom is -0.479 e. The van der Waals surface area contributed by atoms with Crippen LogP contribution in [0, 0.1) is 13.8 Å². The number of pyridine rings is 1. The number of carboxylic acid groups (broad SMARTS) is 1. The summed E-state index contributed by atoms with van der Waals surface area (Å²) in [5, 5.41) is 17.2. The number of carbonyl (C=O) groups is 1. The molecule has 0 aliphatic rings. The van der Waals surface area contributed by atoms with E-state index in [1.807, 2.05) is 82.0 Å². The number of ether oxygens (including phenoxy) is 1. The number of hydrogen-bond donors (Lipinski definition) is 1. The second-order valence-corrected chi connectivity index (χ2v) is 13.2. The molecule has 43 heavy (non-hydrogen) atoms. The van der Waals surface area contributed by atoms with E-state index in [1.165, 1.54) is 11.3 Å². The van der Waals surface area contributed by atoms with Gasteiger partial charge in [0.25, 0.3) is 0 Å². The van der Waals surface area contributed by atoms with Gasteiger partial charge >= 0.3 is 5.97 Å². The Morgan fingerprint density at radius 2 is 1.77 bits per heavy atom. The topological polar surface area (TPSA) is 90.1 Å². The van der Waals surface area contributed by atoms with Gasteiger partial charge in [-0.1, -0.05) is 23.7 Å². The van der Waals surface area contributed by atoms with Crippen LogP contribution in [0.5, 0.6) is 0 Å². The summed E-state index contributed by atoms with van der Waals surface area (Å²) in [6.07, 6.45) is 2.50. The number of thiazole rings is 1. The van der Waals surface area contributed by atoms with E-state index >= 15 is 0 Å². The molecule has 1 atom stereocenters. The van der Waals surface area contributed by atoms with E-state index in [0.717, 1.165) is 65.2 Å². The Hall–Kier alpha value is -4.11. The molecule has 0 amide bonds. The van der Waals surface area contributed by atoms with Crippen molar-refractivity contribution in [3.05, 3.63) is 88.7 Å². The molecule has 0 radical (unpaired) electrons. The van der Waals surface area contributed by atoms with E-state index in [9.17, 15) is 9.90 Å². The summed E-state index contributed by atoms with van der Waals surface area (Å²) >= 11 is 7.77. The van der Waals surface area contributed by atoms with Crippen molar-refractivity contribution in [3.8, 4) is 33.0 Å². The van der Waals surface area contributed by atoms with Crippen LogP contribution in [-0.4, -0.2) is 36.4 Å². The van der Waals surface area contributed by atoms with Crippen molar-refractivity contribution < 1.29 is 14.6 Å². The zero-order chi connectivity index (χ0) is 30.6. The standard InChI is InChI=1S/C34H31ClN4O3S/c1-18-14-27-22(17-37-39(27)6)15-24(18)25-16-21(11-12-36-25)32-38-26-13-19(2)28(30(33(40)41)42-34(3,4)5)29(31(26)43-32)20-7-9-23(35)10-8-20/h7-17,30H,1-6H3,(H,40,41)/t30-/m0/s1. The molecule has 0 aliphatic heterocycles. The number of aliphatic carboxylic acids is 1. The molecule has 6 aromatic rings. The molecule has 0 spiro atoms. The molecule has 6 rings (SSSR count). The lowest BCUT2D eigenvalue weighted by Crippen LogP contribution is -2.28. The van der Waals surface area contributed by atoms with Gasteiger partial charge in [0, 0.05) is 45.9 Å². The quantitative estimate of drug-likeness (QED) is 0.203. The van der Waals surface area contributed by atoms with Crippen molar-refractivity contribution in [2.45, 2.75) is 46.3 Å². The van der Waals surface area contributed by atoms with Crippen LogP contribution < -0.4 is 0 Å². The second kappa shape index (κ2) is 10.9. The zero-order valence-corrected chi connectivity index (χ0v) is 26.3. The van der Waals surface area contributed by atoms with Crippen molar-refractivity contribution in [2.75, 3.05) is 0 Å². The van der Waals surface area contributed by atoms with E-state index in [0.29, 0.717) is 10.6 Å². The number of fused-ring (bicyclic) bond motifs is 2. The van der Waals surface area contributed by atoms with Crippen LogP contribution in [-0.2, 0) is 16.6 Å². The highest BCUT2D eigenvalue weighted by atomic mass is 35.5. The Balaban J connectivity index is 1.54. The molecule has 9 heteroatoms. The Bertz CT molecular complexity index is 2020. The minimum atomic E-state index is -1.17. The maximum atomic E-state index is 12.6. The summed E-state index contributed by atoms with van der Waals surface area (Å²) in [5.41, 5.74) is 8.15. The molecule has 3 aromatic carbocycles. The number of benzene rings is 3. The highest BCUT2D eigenvalue weighted by molar-refractivity contribution is 7.22. The first-order chi connectivity index (χ1) is 20.4. The Morgan fingerprint density at radius 3 is 2.47 bits per heavy atom. The molecular weight excluding hydrogens is 580 g/mol. The molecule has 0 saturated carbocycles. The van der Waals surface area contributed by atoms with E-state index in [4.69, 9.17) is 26.3 Å². The number of aromatic nitrogens is 4. The minimum absolute atomic E-state index is 0.601. The molecule has 7 nitrogen and oxygen atoms in total. The number of nitrogens with zero attached hydrogens (tertiary/aromatic N) is 4. The van der Waals surface area contributed by atoms with Crippen LogP contribution in [0.2, 0.25) is 5.02 Å². The smallest absolute Gasteiger partial charge is 0.337 e. The largest absolute Gasteiger partial charge is 0.479 e. The SMILES string of the molecule is Cc1cc2c(cnn2C)cc1-c1cc(-c2nc3cc(C)c([C@H](OC(C)(C)C)C(=O)O)c(-c4ccc(Cl)cc4)c3s2)ccn1. The molecule has 0 saturated heterocycles. The molecule has 3 heterocycles. The van der Waals surface area contributed by atoms with E-state index < -0.39 is 17.7 Å². The van der Waals surface area contributed by atoms with Gasteiger partial charge in [-0.2, -0.15) is 5.10 Å². The molecule has 218 valence electrons. The molecule has 1 N–H and O–H groups in total. The number of rotatable bonds is 6. The van der Waals surface area contributed by atoms with E-state index in [2.05, 4.69) is 30.2 Å². The number of aryl methyl sites for hydroxylation is 3. The van der Waals surface area contributed by atoms with Gasteiger partial charge in [0.1, 0.15) is 5.01 Å². The summed E-state index contributed by atoms with van der Waals surface area (Å²) < 4.78 is 8.90. The first kappa shape index (κ1) is 29.0. The van der Waals surface area contributed by atoms with Crippen molar-refractivity contribution in [3.63, 3.8) is 0 Å². The maximum Gasteiger partial charge on any atom is 0.337 e. The molecule has 0 unspecified atom stereocenters. The van der Waals surface area contributed by atoms with Crippen molar-refractivity contribution >= 4 is 50.0 Å². The predicted octanol–water partition coefficient (Wildman–Crippen LogP) is 8.79. The average molecular weight is 611 g/mol. The van der Waals surface area contributed by atoms with Gasteiger partial charge in [0.2, 0.25) is 0 Å². The van der Waals surface area contributed by atoms with Gasteiger partial charge in [-0.05, 0) is 93.8 Å². The Kier molecular flexibility index (Phi) is 7.32. The van der Waals surface area contributed by atoms with E-state index in [-0.39, 0.29) is 0 Å². The number of hydrogen-bond acceptors (Lipinski definition) is 6. The van der Waals surface area contributed by atoms with Gasteiger partial charge < -0.3 is 9.84 Å². The van der Waals surface area contributed by atoms with Crippen LogP contribution in [0.25, 0.3) is 54.1 Å². The summed E-state index contributed by atoms with van der Waals surface area (Å²) in [4.78, 5) is 22.4. The van der Waals surface area contributed by atoms with Gasteiger partial charge in [-0.15, -0.1) is 11.3 Å². The van der Waals surface area contributed by atoms with Crippen LogP contribution in [0.1, 0.15) is 43.6 Å². The zero-order valence-electron chi connectivity index (χ0n) is 24.8. The van der Waals surface area contributed by atoms with Crippen LogP contribution in [0.4, 0.5) is 0 Å². The van der Waals surface area contributed by atoms with Gasteiger partial charge in [0.05, 0.1) is 33.2 Å². The molecular formula is C34H31ClN4O3S. The lowest BCUT2D eigenvalue weighted by Gasteiger charge is -2.28. The maximum absolute atomic E-state index is 12.6. The van der Waals surface area contributed by atoms with Crippen LogP contribution in [0.15, 0.2) is 67.0 Å². The monoisotopic (exact) mass is 610 g/mol. The Morgan fingerprint density at radius 1 is 1.02 bits per heavy atom. The third kappa shape index (κ3) is 5.54. The van der Waals surface area contributed by atoms with Gasteiger partial charge in [-0.3, -0.25) is 9.67 Å². The fourth-order valence-corrected chi connectivity index (χ4v) is 6.70. The van der Waals surface area contributed by atoms with Gasteiger partial charge in [-0.25, -0.2) is 9.78 Å². The average Bonchev–Trinajstić information content (AvgIpc) is 3.54. The molecule has 0 aliphatic carbocycles. The highest BCUT2D eigenvalue weighted by Gasteiger charge is 2.32. The molecule has 0 fully saturated rings. The summed E-state index contributed by atoms with van der Waals surface area (Å²) in [5.74, 6) is -1.04. The third-order valence-corrected chi connectivity index (χ3v) is 8.78. The lowest BCUT2D eigenvalue weighted by molar-refractivity contribution is -0.160. The molecule has 0 bridgehead atoms. The summed E-state index contributed by atoms with van der Waals surface area (Å²) in [6, 6.07) is 17.7. The van der Waals surface area contributed by atoms with Crippen molar-refractivity contribution in [1.29, 1.82) is 0 Å². The Labute approximate surface area is 258 Å². The predicted molar refractivity (Wildman–Crippen MR) is 174 cm³/mol. The fourth-order valence-electron chi connectivity index (χ4n) is 5.45. The van der Waals surface area contributed by atoms with Crippen LogP contribution in [0.3, 0.4) is 0 Å². The van der Waals surface area contributed by atoms with Crippen molar-refractivity contribution in [2.24, 2.45) is 7.05 Å². The highest BCUT2D eigenvalue weighted by Crippen LogP contribution is 2.44. The van der Waals surface area contributed by atoms with E-state index in [1.54, 1.807) is 6.20 Å². The van der Waals surface area contributed by atoms with Gasteiger partial charge in [0.15, 0.2) is 6.10 Å². The normalized spacial score (nSPS) is 12.7. The fraction of sp³-hybridized carbons (Fsp3) is 0.235. The molecule has 3 aromatic heterocycles. The summed E-state index contributed by atoms with van der Waals surface area (Å²) in [6.45, 7) is 9.57. The summed E-state index contributed by atoms with van der Waals surface area (Å²) in [7, 11) is 1.94. The first-order valence-electron chi connectivity index (χ1n) is 13.9.